The maximum absolute atomic E-state index is 14.0. The third-order valence-corrected chi connectivity index (χ3v) is 5.05. The molecule has 142 valence electrons. The van der Waals surface area contributed by atoms with E-state index in [-0.39, 0.29) is 5.91 Å². The lowest BCUT2D eigenvalue weighted by molar-refractivity contribution is -0.126. The summed E-state index contributed by atoms with van der Waals surface area (Å²) in [5.74, 6) is -4.16. The van der Waals surface area contributed by atoms with Crippen molar-refractivity contribution in [3.63, 3.8) is 0 Å². The Morgan fingerprint density at radius 3 is 2.59 bits per heavy atom. The minimum atomic E-state index is -3.18. The molecule has 0 atom stereocenters. The Bertz CT molecular complexity index is 876. The number of carbonyl (C=O) groups is 1. The van der Waals surface area contributed by atoms with Crippen LogP contribution in [0.15, 0.2) is 49.1 Å². The summed E-state index contributed by atoms with van der Waals surface area (Å²) >= 11 is 0. The molecule has 0 bridgehead atoms. The van der Waals surface area contributed by atoms with Crippen LogP contribution in [0, 0.1) is 5.82 Å². The number of rotatable bonds is 5. The molecule has 0 fully saturated rings. The van der Waals surface area contributed by atoms with Crippen LogP contribution in [-0.2, 0) is 30.1 Å². The molecule has 3 rings (SSSR count). The third-order valence-electron chi connectivity index (χ3n) is 5.05. The Kier molecular flexibility index (Phi) is 5.40. The molecule has 0 saturated heterocycles. The lowest BCUT2D eigenvalue weighted by Gasteiger charge is -2.28. The SMILES string of the molecule is C=CC(=O)N1CCc2ccc(Cc3ccc(F)c(C(F)(F)CC)c3)cc2C1. The van der Waals surface area contributed by atoms with Gasteiger partial charge in [0.1, 0.15) is 5.82 Å². The molecule has 0 spiro atoms. The van der Waals surface area contributed by atoms with E-state index in [1.807, 2.05) is 18.2 Å². The van der Waals surface area contributed by atoms with Gasteiger partial charge in [0, 0.05) is 19.5 Å². The van der Waals surface area contributed by atoms with E-state index in [0.29, 0.717) is 25.1 Å². The Balaban J connectivity index is 1.84. The van der Waals surface area contributed by atoms with Gasteiger partial charge in [0.05, 0.1) is 5.56 Å². The second-order valence-electron chi connectivity index (χ2n) is 6.87. The van der Waals surface area contributed by atoms with Crippen molar-refractivity contribution in [2.24, 2.45) is 0 Å². The van der Waals surface area contributed by atoms with E-state index in [9.17, 15) is 18.0 Å². The molecule has 0 aromatic heterocycles. The fourth-order valence-corrected chi connectivity index (χ4v) is 3.43. The van der Waals surface area contributed by atoms with Gasteiger partial charge in [-0.25, -0.2) is 13.2 Å². The van der Waals surface area contributed by atoms with Crippen LogP contribution in [0.5, 0.6) is 0 Å². The van der Waals surface area contributed by atoms with Gasteiger partial charge in [-0.3, -0.25) is 4.79 Å². The van der Waals surface area contributed by atoms with Crippen molar-refractivity contribution in [3.05, 3.63) is 82.7 Å². The summed E-state index contributed by atoms with van der Waals surface area (Å²) in [6.45, 7) is 6.03. The first-order valence-electron chi connectivity index (χ1n) is 9.02. The van der Waals surface area contributed by atoms with Crippen molar-refractivity contribution in [2.75, 3.05) is 6.54 Å². The summed E-state index contributed by atoms with van der Waals surface area (Å²) in [7, 11) is 0. The Labute approximate surface area is 157 Å². The van der Waals surface area contributed by atoms with E-state index in [0.717, 1.165) is 23.6 Å². The number of carbonyl (C=O) groups excluding carboxylic acids is 1. The van der Waals surface area contributed by atoms with E-state index in [2.05, 4.69) is 6.58 Å². The van der Waals surface area contributed by atoms with Crippen LogP contribution >= 0.6 is 0 Å². The number of benzene rings is 2. The fraction of sp³-hybridized carbons (Fsp3) is 0.318. The van der Waals surface area contributed by atoms with Crippen LogP contribution in [0.1, 0.15) is 41.2 Å². The molecule has 1 heterocycles. The first-order valence-corrected chi connectivity index (χ1v) is 9.02. The van der Waals surface area contributed by atoms with Gasteiger partial charge in [-0.1, -0.05) is 37.8 Å². The summed E-state index contributed by atoms with van der Waals surface area (Å²) in [5, 5.41) is 0. The van der Waals surface area contributed by atoms with Gasteiger partial charge in [-0.05, 0) is 53.3 Å². The average molecular weight is 373 g/mol. The van der Waals surface area contributed by atoms with Crippen molar-refractivity contribution >= 4 is 5.91 Å². The summed E-state index contributed by atoms with van der Waals surface area (Å²) in [5.41, 5.74) is 3.26. The highest BCUT2D eigenvalue weighted by Gasteiger charge is 2.32. The number of fused-ring (bicyclic) bond motifs is 1. The standard InChI is InChI=1S/C22H22F3NO/c1-3-21(27)26-10-9-17-7-5-15(12-18(17)14-26)11-16-6-8-20(23)19(13-16)22(24,25)4-2/h3,5-8,12-13H,1,4,9-11,14H2,2H3. The van der Waals surface area contributed by atoms with Crippen LogP contribution in [0.25, 0.3) is 0 Å². The van der Waals surface area contributed by atoms with Gasteiger partial charge >= 0.3 is 0 Å². The number of halogens is 3. The average Bonchev–Trinajstić information content (AvgIpc) is 2.68. The number of alkyl halides is 2. The number of nitrogens with zero attached hydrogens (tertiary/aromatic N) is 1. The summed E-state index contributed by atoms with van der Waals surface area (Å²) in [6, 6.07) is 9.88. The fourth-order valence-electron chi connectivity index (χ4n) is 3.43. The summed E-state index contributed by atoms with van der Waals surface area (Å²) in [4.78, 5) is 13.6. The van der Waals surface area contributed by atoms with E-state index in [1.54, 1.807) is 4.90 Å². The monoisotopic (exact) mass is 373 g/mol. The van der Waals surface area contributed by atoms with Gasteiger partial charge in [0.15, 0.2) is 0 Å². The number of hydrogen-bond acceptors (Lipinski definition) is 1. The topological polar surface area (TPSA) is 20.3 Å². The van der Waals surface area contributed by atoms with Crippen molar-refractivity contribution in [1.29, 1.82) is 0 Å². The minimum absolute atomic E-state index is 0.101. The largest absolute Gasteiger partial charge is 0.335 e. The smallest absolute Gasteiger partial charge is 0.275 e. The Morgan fingerprint density at radius 1 is 1.19 bits per heavy atom. The number of amides is 1. The first-order chi connectivity index (χ1) is 12.8. The predicted molar refractivity (Wildman–Crippen MR) is 99.2 cm³/mol. The molecular weight excluding hydrogens is 351 g/mol. The second-order valence-corrected chi connectivity index (χ2v) is 6.87. The van der Waals surface area contributed by atoms with Crippen molar-refractivity contribution in [2.45, 2.75) is 38.7 Å². The molecule has 0 aliphatic carbocycles. The molecular formula is C22H22F3NO. The Morgan fingerprint density at radius 2 is 1.89 bits per heavy atom. The molecule has 5 heteroatoms. The molecule has 1 aliphatic rings. The molecule has 0 unspecified atom stereocenters. The van der Waals surface area contributed by atoms with Crippen molar-refractivity contribution < 1.29 is 18.0 Å². The highest BCUT2D eigenvalue weighted by Crippen LogP contribution is 2.34. The van der Waals surface area contributed by atoms with Gasteiger partial charge in [-0.15, -0.1) is 0 Å². The van der Waals surface area contributed by atoms with Crippen molar-refractivity contribution in [3.8, 4) is 0 Å². The van der Waals surface area contributed by atoms with Gasteiger partial charge in [0.2, 0.25) is 5.91 Å². The molecule has 1 aliphatic heterocycles. The van der Waals surface area contributed by atoms with Crippen LogP contribution in [0.3, 0.4) is 0 Å². The molecule has 2 nitrogen and oxygen atoms in total. The quantitative estimate of drug-likeness (QED) is 0.676. The van der Waals surface area contributed by atoms with E-state index in [4.69, 9.17) is 0 Å². The molecule has 0 radical (unpaired) electrons. The van der Waals surface area contributed by atoms with Crippen LogP contribution in [-0.4, -0.2) is 17.4 Å². The lowest BCUT2D eigenvalue weighted by atomic mass is 9.93. The normalized spacial score (nSPS) is 14.0. The second kappa shape index (κ2) is 7.59. The zero-order valence-electron chi connectivity index (χ0n) is 15.3. The van der Waals surface area contributed by atoms with E-state index >= 15 is 0 Å². The van der Waals surface area contributed by atoms with Gasteiger partial charge < -0.3 is 4.90 Å². The molecule has 27 heavy (non-hydrogen) atoms. The van der Waals surface area contributed by atoms with Crippen LogP contribution in [0.2, 0.25) is 0 Å². The van der Waals surface area contributed by atoms with E-state index in [1.165, 1.54) is 30.7 Å². The number of hydrogen-bond donors (Lipinski definition) is 0. The van der Waals surface area contributed by atoms with Gasteiger partial charge in [0.25, 0.3) is 5.92 Å². The third kappa shape index (κ3) is 4.07. The molecule has 1 amide bonds. The zero-order chi connectivity index (χ0) is 19.6. The first kappa shape index (κ1) is 19.2. The minimum Gasteiger partial charge on any atom is -0.335 e. The maximum atomic E-state index is 14.0. The van der Waals surface area contributed by atoms with Crippen LogP contribution < -0.4 is 0 Å². The highest BCUT2D eigenvalue weighted by atomic mass is 19.3. The molecule has 0 saturated carbocycles. The highest BCUT2D eigenvalue weighted by molar-refractivity contribution is 5.87. The van der Waals surface area contributed by atoms with Crippen molar-refractivity contribution in [1.82, 2.24) is 4.90 Å². The molecule has 0 N–H and O–H groups in total. The summed E-state index contributed by atoms with van der Waals surface area (Å²) in [6.07, 6.45) is 2.07. The lowest BCUT2D eigenvalue weighted by Crippen LogP contribution is -2.34. The van der Waals surface area contributed by atoms with Crippen LogP contribution in [0.4, 0.5) is 13.2 Å². The van der Waals surface area contributed by atoms with E-state index < -0.39 is 23.7 Å². The zero-order valence-corrected chi connectivity index (χ0v) is 15.3. The molecule has 2 aromatic carbocycles. The summed E-state index contributed by atoms with van der Waals surface area (Å²) < 4.78 is 41.8. The van der Waals surface area contributed by atoms with Gasteiger partial charge in [-0.2, -0.15) is 0 Å². The predicted octanol–water partition coefficient (Wildman–Crippen LogP) is 4.99. The molecule has 2 aromatic rings. The Hall–Kier alpha value is -2.56. The maximum Gasteiger partial charge on any atom is 0.275 e.